The number of hydrogen-bond donors (Lipinski definition) is 5. The fourth-order valence-corrected chi connectivity index (χ4v) is 4.80. The highest BCUT2D eigenvalue weighted by Crippen LogP contribution is 2.11. The number of ether oxygens (including phenoxy) is 3. The summed E-state index contributed by atoms with van der Waals surface area (Å²) in [5.74, 6) is -0.844. The molecule has 0 heterocycles. The Hall–Kier alpha value is -5.34. The van der Waals surface area contributed by atoms with E-state index in [4.69, 9.17) is 19.7 Å². The molecule has 0 aliphatic carbocycles. The third-order valence-electron chi connectivity index (χ3n) is 7.28. The highest BCUT2D eigenvalue weighted by atomic mass is 16.6. The standard InChI is InChI=1S/C38H56N8O8/c1-37(2,3)53-35(50)42-25-29-14-10-27(11-15-29)23-32(47)40-18-8-7-9-31(34(49)41-19-21-52-22-20-44-46-39)45-33(48)24-28-12-16-30(17-13-28)26-43-36(51)54-38(4,5)6/h10-17,31H,7-9,18-26H2,1-6H3,(H,40,47)(H,41,49)(H,42,50)(H,43,51)(H,45,48)/t31-/m0/s1. The molecular weight excluding hydrogens is 696 g/mol. The number of alkyl carbamates (subject to hydrolysis) is 2. The van der Waals surface area contributed by atoms with Crippen molar-refractivity contribution in [3.63, 3.8) is 0 Å². The fourth-order valence-electron chi connectivity index (χ4n) is 4.80. The van der Waals surface area contributed by atoms with Crippen molar-refractivity contribution >= 4 is 29.9 Å². The molecule has 2 aromatic carbocycles. The summed E-state index contributed by atoms with van der Waals surface area (Å²) < 4.78 is 15.8. The third-order valence-corrected chi connectivity index (χ3v) is 7.28. The summed E-state index contributed by atoms with van der Waals surface area (Å²) in [4.78, 5) is 65.1. The van der Waals surface area contributed by atoms with E-state index >= 15 is 0 Å². The number of hydrogen-bond acceptors (Lipinski definition) is 9. The molecule has 0 aliphatic rings. The molecule has 16 heteroatoms. The van der Waals surface area contributed by atoms with Crippen molar-refractivity contribution in [1.82, 2.24) is 26.6 Å². The highest BCUT2D eigenvalue weighted by molar-refractivity contribution is 5.88. The van der Waals surface area contributed by atoms with E-state index in [1.807, 2.05) is 36.4 Å². The molecule has 5 amide bonds. The normalized spacial score (nSPS) is 11.7. The fraction of sp³-hybridized carbons (Fsp3) is 0.553. The average Bonchev–Trinajstić information content (AvgIpc) is 3.08. The maximum atomic E-state index is 13.1. The molecular formula is C38H56N8O8. The van der Waals surface area contributed by atoms with Crippen LogP contribution in [0, 0.1) is 0 Å². The lowest BCUT2D eigenvalue weighted by Gasteiger charge is -2.19. The van der Waals surface area contributed by atoms with Gasteiger partial charge in [0.05, 0.1) is 26.1 Å². The first-order valence-electron chi connectivity index (χ1n) is 18.0. The van der Waals surface area contributed by atoms with Crippen LogP contribution in [0.4, 0.5) is 9.59 Å². The molecule has 2 rings (SSSR count). The minimum absolute atomic E-state index is 0.0450. The summed E-state index contributed by atoms with van der Waals surface area (Å²) >= 11 is 0. The molecule has 0 fully saturated rings. The SMILES string of the molecule is CC(C)(C)OC(=O)NCc1ccc(CC(=O)NCCCC[C@H](NC(=O)Cc2ccc(CNC(=O)OC(C)(C)C)cc2)C(=O)NCCOCCN=[N+]=[N-])cc1. The van der Waals surface area contributed by atoms with Gasteiger partial charge in [0, 0.05) is 37.6 Å². The van der Waals surface area contributed by atoms with E-state index in [9.17, 15) is 24.0 Å². The van der Waals surface area contributed by atoms with Crippen LogP contribution >= 0.6 is 0 Å². The smallest absolute Gasteiger partial charge is 0.407 e. The van der Waals surface area contributed by atoms with Crippen LogP contribution in [-0.2, 0) is 54.5 Å². The molecule has 0 radical (unpaired) electrons. The molecule has 0 saturated carbocycles. The molecule has 296 valence electrons. The monoisotopic (exact) mass is 752 g/mol. The summed E-state index contributed by atoms with van der Waals surface area (Å²) in [7, 11) is 0. The van der Waals surface area contributed by atoms with Crippen molar-refractivity contribution in [2.45, 2.75) is 104 Å². The second-order valence-corrected chi connectivity index (χ2v) is 14.5. The predicted octanol–water partition coefficient (Wildman–Crippen LogP) is 4.74. The van der Waals surface area contributed by atoms with Crippen LogP contribution in [0.3, 0.4) is 0 Å². The zero-order valence-corrected chi connectivity index (χ0v) is 32.3. The molecule has 0 bridgehead atoms. The van der Waals surface area contributed by atoms with E-state index in [1.165, 1.54) is 0 Å². The molecule has 16 nitrogen and oxygen atoms in total. The topological polar surface area (TPSA) is 222 Å². The quantitative estimate of drug-likeness (QED) is 0.0518. The lowest BCUT2D eigenvalue weighted by Crippen LogP contribution is -2.48. The number of amides is 5. The van der Waals surface area contributed by atoms with Gasteiger partial charge in [-0.05, 0) is 88.6 Å². The number of nitrogens with one attached hydrogen (secondary N) is 5. The lowest BCUT2D eigenvalue weighted by atomic mass is 10.1. The minimum atomic E-state index is -0.808. The zero-order chi connectivity index (χ0) is 40.0. The Morgan fingerprint density at radius 1 is 0.667 bits per heavy atom. The van der Waals surface area contributed by atoms with Crippen molar-refractivity contribution in [3.8, 4) is 0 Å². The van der Waals surface area contributed by atoms with Crippen LogP contribution in [0.2, 0.25) is 0 Å². The van der Waals surface area contributed by atoms with Crippen molar-refractivity contribution in [3.05, 3.63) is 81.2 Å². The molecule has 0 unspecified atom stereocenters. The summed E-state index contributed by atoms with van der Waals surface area (Å²) in [5.41, 5.74) is 10.4. The molecule has 1 atom stereocenters. The van der Waals surface area contributed by atoms with Gasteiger partial charge < -0.3 is 40.8 Å². The van der Waals surface area contributed by atoms with E-state index in [2.05, 4.69) is 36.6 Å². The van der Waals surface area contributed by atoms with Crippen LogP contribution < -0.4 is 26.6 Å². The summed E-state index contributed by atoms with van der Waals surface area (Å²) in [5, 5.41) is 17.3. The first kappa shape index (κ1) is 44.8. The van der Waals surface area contributed by atoms with Gasteiger partial charge in [-0.3, -0.25) is 14.4 Å². The van der Waals surface area contributed by atoms with Crippen molar-refractivity contribution in [2.75, 3.05) is 32.8 Å². The Labute approximate surface area is 317 Å². The Morgan fingerprint density at radius 3 is 1.67 bits per heavy atom. The zero-order valence-electron chi connectivity index (χ0n) is 32.3. The molecule has 2 aromatic rings. The van der Waals surface area contributed by atoms with Crippen molar-refractivity contribution in [1.29, 1.82) is 0 Å². The van der Waals surface area contributed by atoms with Crippen LogP contribution in [0.25, 0.3) is 10.4 Å². The van der Waals surface area contributed by atoms with Crippen LogP contribution in [0.5, 0.6) is 0 Å². The van der Waals surface area contributed by atoms with Crippen LogP contribution in [0.15, 0.2) is 53.6 Å². The predicted molar refractivity (Wildman–Crippen MR) is 203 cm³/mol. The highest BCUT2D eigenvalue weighted by Gasteiger charge is 2.21. The van der Waals surface area contributed by atoms with Gasteiger partial charge in [0.15, 0.2) is 0 Å². The van der Waals surface area contributed by atoms with E-state index in [0.29, 0.717) is 32.4 Å². The number of unbranched alkanes of at least 4 members (excludes halogenated alkanes) is 1. The van der Waals surface area contributed by atoms with E-state index in [-0.39, 0.29) is 63.4 Å². The summed E-state index contributed by atoms with van der Waals surface area (Å²) in [6.07, 6.45) is 0.698. The van der Waals surface area contributed by atoms with Gasteiger partial charge >= 0.3 is 12.2 Å². The van der Waals surface area contributed by atoms with Gasteiger partial charge in [-0.2, -0.15) is 0 Å². The van der Waals surface area contributed by atoms with Crippen LogP contribution in [0.1, 0.15) is 83.1 Å². The van der Waals surface area contributed by atoms with E-state index in [0.717, 1.165) is 22.3 Å². The molecule has 54 heavy (non-hydrogen) atoms. The molecule has 0 saturated heterocycles. The average molecular weight is 753 g/mol. The number of azide groups is 1. The molecule has 5 N–H and O–H groups in total. The largest absolute Gasteiger partial charge is 0.444 e. The first-order chi connectivity index (χ1) is 25.5. The van der Waals surface area contributed by atoms with Crippen LogP contribution in [-0.4, -0.2) is 80.0 Å². The number of nitrogens with zero attached hydrogens (tertiary/aromatic N) is 3. The number of benzene rings is 2. The Balaban J connectivity index is 1.83. The minimum Gasteiger partial charge on any atom is -0.444 e. The second-order valence-electron chi connectivity index (χ2n) is 14.5. The number of carbonyl (C=O) groups excluding carboxylic acids is 5. The molecule has 0 aliphatic heterocycles. The molecule has 0 aromatic heterocycles. The van der Waals surface area contributed by atoms with Gasteiger partial charge in [0.1, 0.15) is 17.2 Å². The lowest BCUT2D eigenvalue weighted by molar-refractivity contribution is -0.129. The second kappa shape index (κ2) is 23.4. The van der Waals surface area contributed by atoms with Gasteiger partial charge in [-0.25, -0.2) is 9.59 Å². The Morgan fingerprint density at radius 2 is 1.17 bits per heavy atom. The van der Waals surface area contributed by atoms with Crippen molar-refractivity contribution < 1.29 is 38.2 Å². The Bertz CT molecular complexity index is 1550. The van der Waals surface area contributed by atoms with E-state index < -0.39 is 29.4 Å². The van der Waals surface area contributed by atoms with Gasteiger partial charge in [-0.1, -0.05) is 53.6 Å². The van der Waals surface area contributed by atoms with E-state index in [1.54, 1.807) is 53.7 Å². The maximum absolute atomic E-state index is 13.1. The van der Waals surface area contributed by atoms with Gasteiger partial charge in [-0.15, -0.1) is 0 Å². The molecule has 0 spiro atoms. The number of carbonyl (C=O) groups is 5. The third kappa shape index (κ3) is 21.2. The van der Waals surface area contributed by atoms with Gasteiger partial charge in [0.2, 0.25) is 17.7 Å². The van der Waals surface area contributed by atoms with Crippen molar-refractivity contribution in [2.24, 2.45) is 5.11 Å². The maximum Gasteiger partial charge on any atom is 0.407 e. The summed E-state index contributed by atoms with van der Waals surface area (Å²) in [6, 6.07) is 13.7. The number of rotatable bonds is 21. The summed E-state index contributed by atoms with van der Waals surface area (Å²) in [6.45, 7) is 12.5. The first-order valence-corrected chi connectivity index (χ1v) is 18.0. The van der Waals surface area contributed by atoms with Gasteiger partial charge in [0.25, 0.3) is 0 Å². The Kier molecular flexibility index (Phi) is 19.4.